The van der Waals surface area contributed by atoms with Crippen LogP contribution in [0.25, 0.3) is 0 Å². The molecule has 0 saturated heterocycles. The molecule has 0 aromatic heterocycles. The number of benzene rings is 1. The molecule has 0 amide bonds. The van der Waals surface area contributed by atoms with Crippen LogP contribution in [0.2, 0.25) is 0 Å². The van der Waals surface area contributed by atoms with Crippen molar-refractivity contribution in [2.45, 2.75) is 39.3 Å². The Morgan fingerprint density at radius 3 is 2.67 bits per heavy atom. The highest BCUT2D eigenvalue weighted by Crippen LogP contribution is 2.16. The normalized spacial score (nSPS) is 12.8. The average molecular weight is 255 g/mol. The second-order valence-electron chi connectivity index (χ2n) is 4.75. The molecular formula is C14H22FNO2. The van der Waals surface area contributed by atoms with Crippen LogP contribution in [0.5, 0.6) is 5.75 Å². The molecule has 0 saturated carbocycles. The molecule has 1 unspecified atom stereocenters. The van der Waals surface area contributed by atoms with Crippen molar-refractivity contribution in [3.63, 3.8) is 0 Å². The molecule has 0 heterocycles. The third kappa shape index (κ3) is 5.02. The largest absolute Gasteiger partial charge is 0.493 e. The van der Waals surface area contributed by atoms with Gasteiger partial charge in [0.05, 0.1) is 13.2 Å². The zero-order valence-corrected chi connectivity index (χ0v) is 11.2. The number of hydrogen-bond acceptors (Lipinski definition) is 3. The number of ether oxygens (including phenoxy) is 1. The standard InChI is InChI=1S/C14H22FNO2/c1-10(2)16-12(9-17)6-7-18-13-5-4-11(3)14(15)8-13/h4-5,8,10,12,16-17H,6-7,9H2,1-3H3. The predicted molar refractivity (Wildman–Crippen MR) is 70.4 cm³/mol. The van der Waals surface area contributed by atoms with Gasteiger partial charge in [-0.1, -0.05) is 19.9 Å². The summed E-state index contributed by atoms with van der Waals surface area (Å²) < 4.78 is 18.7. The predicted octanol–water partition coefficient (Wildman–Crippen LogP) is 2.26. The van der Waals surface area contributed by atoms with Crippen LogP contribution in [0, 0.1) is 12.7 Å². The lowest BCUT2D eigenvalue weighted by Crippen LogP contribution is -2.38. The van der Waals surface area contributed by atoms with Crippen LogP contribution in [0.3, 0.4) is 0 Å². The zero-order chi connectivity index (χ0) is 13.5. The Morgan fingerprint density at radius 1 is 1.39 bits per heavy atom. The van der Waals surface area contributed by atoms with Crippen molar-refractivity contribution < 1.29 is 14.2 Å². The van der Waals surface area contributed by atoms with E-state index in [1.807, 2.05) is 13.8 Å². The molecule has 1 rings (SSSR count). The summed E-state index contributed by atoms with van der Waals surface area (Å²) in [5, 5.41) is 12.4. The van der Waals surface area contributed by atoms with Gasteiger partial charge in [0.1, 0.15) is 11.6 Å². The van der Waals surface area contributed by atoms with E-state index in [4.69, 9.17) is 4.74 Å². The summed E-state index contributed by atoms with van der Waals surface area (Å²) in [6.07, 6.45) is 0.685. The number of nitrogens with one attached hydrogen (secondary N) is 1. The molecule has 102 valence electrons. The van der Waals surface area contributed by atoms with Crippen molar-refractivity contribution in [2.24, 2.45) is 0 Å². The first-order chi connectivity index (χ1) is 8.52. The van der Waals surface area contributed by atoms with Crippen molar-refractivity contribution in [1.29, 1.82) is 0 Å². The van der Waals surface area contributed by atoms with E-state index < -0.39 is 0 Å². The number of aryl methyl sites for hydroxylation is 1. The third-order valence-corrected chi connectivity index (χ3v) is 2.67. The van der Waals surface area contributed by atoms with Gasteiger partial charge in [0.15, 0.2) is 0 Å². The lowest BCUT2D eigenvalue weighted by Gasteiger charge is -2.19. The van der Waals surface area contributed by atoms with Crippen LogP contribution >= 0.6 is 0 Å². The number of rotatable bonds is 7. The minimum Gasteiger partial charge on any atom is -0.493 e. The molecule has 0 aliphatic heterocycles. The Kier molecular flexibility index (Phi) is 6.09. The summed E-state index contributed by atoms with van der Waals surface area (Å²) in [4.78, 5) is 0. The molecule has 0 fully saturated rings. The lowest BCUT2D eigenvalue weighted by molar-refractivity contribution is 0.202. The van der Waals surface area contributed by atoms with Crippen LogP contribution in [-0.4, -0.2) is 30.4 Å². The van der Waals surface area contributed by atoms with Crippen molar-refractivity contribution in [2.75, 3.05) is 13.2 Å². The first-order valence-electron chi connectivity index (χ1n) is 6.28. The molecule has 0 bridgehead atoms. The highest BCUT2D eigenvalue weighted by Gasteiger charge is 2.08. The Balaban J connectivity index is 2.38. The van der Waals surface area contributed by atoms with Gasteiger partial charge in [-0.3, -0.25) is 0 Å². The summed E-state index contributed by atoms with van der Waals surface area (Å²) in [6, 6.07) is 5.17. The summed E-state index contributed by atoms with van der Waals surface area (Å²) >= 11 is 0. The number of halogens is 1. The van der Waals surface area contributed by atoms with E-state index in [-0.39, 0.29) is 18.5 Å². The van der Waals surface area contributed by atoms with Gasteiger partial charge in [0.25, 0.3) is 0 Å². The Morgan fingerprint density at radius 2 is 2.11 bits per heavy atom. The van der Waals surface area contributed by atoms with Crippen molar-refractivity contribution in [3.8, 4) is 5.75 Å². The SMILES string of the molecule is Cc1ccc(OCCC(CO)NC(C)C)cc1F. The van der Waals surface area contributed by atoms with E-state index in [9.17, 15) is 9.50 Å². The summed E-state index contributed by atoms with van der Waals surface area (Å²) in [6.45, 7) is 6.29. The molecule has 2 N–H and O–H groups in total. The molecule has 1 aromatic carbocycles. The molecule has 3 nitrogen and oxygen atoms in total. The van der Waals surface area contributed by atoms with Gasteiger partial charge in [0, 0.05) is 18.2 Å². The van der Waals surface area contributed by atoms with Crippen LogP contribution in [0.1, 0.15) is 25.8 Å². The van der Waals surface area contributed by atoms with Gasteiger partial charge >= 0.3 is 0 Å². The first-order valence-corrected chi connectivity index (χ1v) is 6.28. The molecular weight excluding hydrogens is 233 g/mol. The third-order valence-electron chi connectivity index (χ3n) is 2.67. The second kappa shape index (κ2) is 7.34. The summed E-state index contributed by atoms with van der Waals surface area (Å²) in [7, 11) is 0. The smallest absolute Gasteiger partial charge is 0.129 e. The molecule has 4 heteroatoms. The van der Waals surface area contributed by atoms with Gasteiger partial charge in [-0.2, -0.15) is 0 Å². The lowest BCUT2D eigenvalue weighted by atomic mass is 10.2. The molecule has 0 aliphatic rings. The maximum absolute atomic E-state index is 13.3. The first kappa shape index (κ1) is 14.9. The summed E-state index contributed by atoms with van der Waals surface area (Å²) in [5.41, 5.74) is 0.608. The van der Waals surface area contributed by atoms with E-state index in [0.717, 1.165) is 0 Å². The zero-order valence-electron chi connectivity index (χ0n) is 11.2. The summed E-state index contributed by atoms with van der Waals surface area (Å²) in [5.74, 6) is 0.269. The minimum absolute atomic E-state index is 0.0142. The van der Waals surface area contributed by atoms with Gasteiger partial charge in [-0.05, 0) is 25.0 Å². The molecule has 1 aromatic rings. The Hall–Kier alpha value is -1.13. The van der Waals surface area contributed by atoms with Crippen LogP contribution in [-0.2, 0) is 0 Å². The Bertz CT molecular complexity index is 369. The van der Waals surface area contributed by atoms with Crippen molar-refractivity contribution in [1.82, 2.24) is 5.32 Å². The monoisotopic (exact) mass is 255 g/mol. The molecule has 0 spiro atoms. The van der Waals surface area contributed by atoms with Crippen LogP contribution in [0.15, 0.2) is 18.2 Å². The van der Waals surface area contributed by atoms with Gasteiger partial charge in [-0.25, -0.2) is 4.39 Å². The molecule has 18 heavy (non-hydrogen) atoms. The second-order valence-corrected chi connectivity index (χ2v) is 4.75. The van der Waals surface area contributed by atoms with E-state index in [1.54, 1.807) is 19.1 Å². The van der Waals surface area contributed by atoms with E-state index in [0.29, 0.717) is 30.4 Å². The number of hydrogen-bond donors (Lipinski definition) is 2. The number of aliphatic hydroxyl groups is 1. The fourth-order valence-corrected chi connectivity index (χ4v) is 1.68. The highest BCUT2D eigenvalue weighted by molar-refractivity contribution is 5.27. The quantitative estimate of drug-likeness (QED) is 0.785. The molecule has 0 aliphatic carbocycles. The van der Waals surface area contributed by atoms with E-state index in [1.165, 1.54) is 6.07 Å². The van der Waals surface area contributed by atoms with Gasteiger partial charge in [-0.15, -0.1) is 0 Å². The highest BCUT2D eigenvalue weighted by atomic mass is 19.1. The molecule has 0 radical (unpaired) electrons. The minimum atomic E-state index is -0.258. The van der Waals surface area contributed by atoms with Crippen molar-refractivity contribution >= 4 is 0 Å². The van der Waals surface area contributed by atoms with E-state index in [2.05, 4.69) is 5.32 Å². The van der Waals surface area contributed by atoms with Gasteiger partial charge < -0.3 is 15.2 Å². The molecule has 1 atom stereocenters. The van der Waals surface area contributed by atoms with Gasteiger partial charge in [0.2, 0.25) is 0 Å². The van der Waals surface area contributed by atoms with Crippen LogP contribution < -0.4 is 10.1 Å². The van der Waals surface area contributed by atoms with E-state index >= 15 is 0 Å². The fourth-order valence-electron chi connectivity index (χ4n) is 1.68. The average Bonchev–Trinajstić information content (AvgIpc) is 2.32. The number of aliphatic hydroxyl groups excluding tert-OH is 1. The Labute approximate surface area is 108 Å². The van der Waals surface area contributed by atoms with Crippen molar-refractivity contribution in [3.05, 3.63) is 29.6 Å². The van der Waals surface area contributed by atoms with Crippen LogP contribution in [0.4, 0.5) is 4.39 Å². The maximum Gasteiger partial charge on any atom is 0.129 e. The maximum atomic E-state index is 13.3. The fraction of sp³-hybridized carbons (Fsp3) is 0.571. The topological polar surface area (TPSA) is 41.5 Å².